The summed E-state index contributed by atoms with van der Waals surface area (Å²) in [6.07, 6.45) is 0. The predicted molar refractivity (Wildman–Crippen MR) is 168 cm³/mol. The van der Waals surface area contributed by atoms with Gasteiger partial charge in [0.2, 0.25) is 0 Å². The molecule has 196 valence electrons. The zero-order valence-electron chi connectivity index (χ0n) is 22.3. The van der Waals surface area contributed by atoms with Crippen LogP contribution in [0, 0.1) is 0 Å². The highest BCUT2D eigenvalue weighted by atomic mass is 16.3. The van der Waals surface area contributed by atoms with Crippen molar-refractivity contribution in [2.24, 2.45) is 0 Å². The standard InChI is InChI=1S/C37H21N3O2/c1-2-8-22(9-3-1)35-38-36(40-37(39-35)26-14-16-28-27-12-6-7-13-31(27)41-33(28)21-26)25-15-17-32-29(19-25)30-18-23-10-4-5-11-24(23)20-34(30)42-32/h1-21H. The first-order valence-electron chi connectivity index (χ1n) is 13.9. The van der Waals surface area contributed by atoms with Gasteiger partial charge in [0.25, 0.3) is 0 Å². The molecular weight excluding hydrogens is 518 g/mol. The fourth-order valence-corrected chi connectivity index (χ4v) is 5.82. The Morgan fingerprint density at radius 1 is 0.333 bits per heavy atom. The fraction of sp³-hybridized carbons (Fsp3) is 0. The van der Waals surface area contributed by atoms with Crippen LogP contribution < -0.4 is 0 Å². The van der Waals surface area contributed by atoms with Crippen molar-refractivity contribution in [3.63, 3.8) is 0 Å². The van der Waals surface area contributed by atoms with Crippen molar-refractivity contribution in [3.8, 4) is 34.2 Å². The molecule has 0 spiro atoms. The van der Waals surface area contributed by atoms with Gasteiger partial charge < -0.3 is 8.83 Å². The maximum absolute atomic E-state index is 6.24. The molecule has 0 amide bonds. The van der Waals surface area contributed by atoms with Gasteiger partial charge in [-0.3, -0.25) is 0 Å². The summed E-state index contributed by atoms with van der Waals surface area (Å²) in [4.78, 5) is 14.8. The Balaban J connectivity index is 1.25. The first-order valence-corrected chi connectivity index (χ1v) is 13.9. The molecule has 9 rings (SSSR count). The van der Waals surface area contributed by atoms with E-state index in [0.29, 0.717) is 17.5 Å². The molecule has 0 N–H and O–H groups in total. The number of fused-ring (bicyclic) bond motifs is 7. The van der Waals surface area contributed by atoms with Gasteiger partial charge in [0.05, 0.1) is 0 Å². The van der Waals surface area contributed by atoms with Crippen molar-refractivity contribution >= 4 is 54.6 Å². The zero-order chi connectivity index (χ0) is 27.6. The molecule has 0 unspecified atom stereocenters. The Bertz CT molecular complexity index is 2470. The van der Waals surface area contributed by atoms with Gasteiger partial charge in [0.1, 0.15) is 22.3 Å². The second-order valence-electron chi connectivity index (χ2n) is 10.5. The number of aromatic nitrogens is 3. The monoisotopic (exact) mass is 539 g/mol. The molecule has 0 fully saturated rings. The van der Waals surface area contributed by atoms with Gasteiger partial charge in [-0.2, -0.15) is 0 Å². The molecule has 0 atom stereocenters. The van der Waals surface area contributed by atoms with Crippen molar-refractivity contribution < 1.29 is 8.83 Å². The summed E-state index contributed by atoms with van der Waals surface area (Å²) < 4.78 is 12.4. The van der Waals surface area contributed by atoms with Gasteiger partial charge in [-0.15, -0.1) is 0 Å². The average molecular weight is 540 g/mol. The van der Waals surface area contributed by atoms with Crippen LogP contribution in [0.4, 0.5) is 0 Å². The summed E-state index contributed by atoms with van der Waals surface area (Å²) in [5, 5.41) is 6.58. The van der Waals surface area contributed by atoms with Crippen molar-refractivity contribution in [2.75, 3.05) is 0 Å². The highest BCUT2D eigenvalue weighted by Gasteiger charge is 2.16. The van der Waals surface area contributed by atoms with Gasteiger partial charge in [-0.1, -0.05) is 78.9 Å². The van der Waals surface area contributed by atoms with E-state index in [-0.39, 0.29) is 0 Å². The molecule has 9 aromatic rings. The smallest absolute Gasteiger partial charge is 0.164 e. The van der Waals surface area contributed by atoms with Crippen LogP contribution in [0.5, 0.6) is 0 Å². The number of benzene rings is 6. The lowest BCUT2D eigenvalue weighted by atomic mass is 10.0. The Labute approximate surface area is 239 Å². The minimum atomic E-state index is 0.587. The van der Waals surface area contributed by atoms with E-state index in [9.17, 15) is 0 Å². The molecular formula is C37H21N3O2. The van der Waals surface area contributed by atoms with Crippen molar-refractivity contribution in [3.05, 3.63) is 127 Å². The van der Waals surface area contributed by atoms with Crippen LogP contribution in [0.3, 0.4) is 0 Å². The zero-order valence-corrected chi connectivity index (χ0v) is 22.3. The molecule has 0 aliphatic rings. The third-order valence-corrected chi connectivity index (χ3v) is 7.90. The Hall–Kier alpha value is -5.81. The summed E-state index contributed by atoms with van der Waals surface area (Å²) in [5.74, 6) is 1.80. The van der Waals surface area contributed by atoms with Gasteiger partial charge in [-0.05, 0) is 59.3 Å². The van der Waals surface area contributed by atoms with Crippen LogP contribution in [0.1, 0.15) is 0 Å². The van der Waals surface area contributed by atoms with Gasteiger partial charge >= 0.3 is 0 Å². The van der Waals surface area contributed by atoms with E-state index in [1.165, 1.54) is 5.39 Å². The first kappa shape index (κ1) is 22.9. The minimum Gasteiger partial charge on any atom is -0.456 e. The molecule has 0 aliphatic heterocycles. The normalized spacial score (nSPS) is 11.8. The van der Waals surface area contributed by atoms with Crippen molar-refractivity contribution in [1.29, 1.82) is 0 Å². The van der Waals surface area contributed by atoms with Crippen LogP contribution in [0.25, 0.3) is 88.8 Å². The predicted octanol–water partition coefficient (Wildman–Crippen LogP) is 9.82. The lowest BCUT2D eigenvalue weighted by Gasteiger charge is -2.08. The van der Waals surface area contributed by atoms with Crippen LogP contribution in [0.15, 0.2) is 136 Å². The molecule has 3 aromatic heterocycles. The molecule has 0 saturated heterocycles. The molecule has 42 heavy (non-hydrogen) atoms. The quantitative estimate of drug-likeness (QED) is 0.224. The largest absolute Gasteiger partial charge is 0.456 e. The molecule has 0 saturated carbocycles. The topological polar surface area (TPSA) is 65.0 Å². The minimum absolute atomic E-state index is 0.587. The van der Waals surface area contributed by atoms with Crippen LogP contribution in [-0.2, 0) is 0 Å². The number of hydrogen-bond acceptors (Lipinski definition) is 5. The summed E-state index contributed by atoms with van der Waals surface area (Å²) >= 11 is 0. The average Bonchev–Trinajstić information content (AvgIpc) is 3.60. The van der Waals surface area contributed by atoms with E-state index < -0.39 is 0 Å². The maximum Gasteiger partial charge on any atom is 0.164 e. The molecule has 3 heterocycles. The molecule has 0 aliphatic carbocycles. The van der Waals surface area contributed by atoms with Crippen LogP contribution >= 0.6 is 0 Å². The van der Waals surface area contributed by atoms with E-state index in [0.717, 1.165) is 66.0 Å². The number of nitrogens with zero attached hydrogens (tertiary/aromatic N) is 3. The van der Waals surface area contributed by atoms with Gasteiger partial charge in [0, 0.05) is 38.2 Å². The third kappa shape index (κ3) is 3.61. The lowest BCUT2D eigenvalue weighted by Crippen LogP contribution is -2.00. The van der Waals surface area contributed by atoms with Crippen LogP contribution in [0.2, 0.25) is 0 Å². The Kier molecular flexibility index (Phi) is 4.83. The number of rotatable bonds is 3. The second-order valence-corrected chi connectivity index (χ2v) is 10.5. The van der Waals surface area contributed by atoms with Crippen molar-refractivity contribution in [2.45, 2.75) is 0 Å². The van der Waals surface area contributed by atoms with Crippen LogP contribution in [-0.4, -0.2) is 15.0 Å². The highest BCUT2D eigenvalue weighted by molar-refractivity contribution is 6.11. The van der Waals surface area contributed by atoms with E-state index in [4.69, 9.17) is 23.8 Å². The molecule has 6 aromatic carbocycles. The van der Waals surface area contributed by atoms with E-state index in [2.05, 4.69) is 54.6 Å². The maximum atomic E-state index is 6.24. The highest BCUT2D eigenvalue weighted by Crippen LogP contribution is 2.36. The number of para-hydroxylation sites is 1. The van der Waals surface area contributed by atoms with E-state index in [1.54, 1.807) is 0 Å². The second kappa shape index (κ2) is 8.85. The van der Waals surface area contributed by atoms with Gasteiger partial charge in [0.15, 0.2) is 17.5 Å². The Morgan fingerprint density at radius 3 is 1.69 bits per heavy atom. The van der Waals surface area contributed by atoms with E-state index >= 15 is 0 Å². The molecule has 0 radical (unpaired) electrons. The van der Waals surface area contributed by atoms with Crippen molar-refractivity contribution in [1.82, 2.24) is 15.0 Å². The summed E-state index contributed by atoms with van der Waals surface area (Å²) in [7, 11) is 0. The Morgan fingerprint density at radius 2 is 0.881 bits per heavy atom. The SMILES string of the molecule is c1ccc(-c2nc(-c3ccc4c(c3)oc3ccccc34)nc(-c3ccc4oc5cc6ccccc6cc5c4c3)n2)cc1. The summed E-state index contributed by atoms with van der Waals surface area (Å²) in [6, 6.07) is 43.0. The van der Waals surface area contributed by atoms with Gasteiger partial charge in [-0.25, -0.2) is 15.0 Å². The molecule has 5 heteroatoms. The third-order valence-electron chi connectivity index (χ3n) is 7.90. The van der Waals surface area contributed by atoms with E-state index in [1.807, 2.05) is 72.8 Å². The fourth-order valence-electron chi connectivity index (χ4n) is 5.82. The molecule has 0 bridgehead atoms. The number of hydrogen-bond donors (Lipinski definition) is 0. The lowest BCUT2D eigenvalue weighted by molar-refractivity contribution is 0.669. The molecule has 5 nitrogen and oxygen atoms in total. The number of furan rings is 2. The summed E-state index contributed by atoms with van der Waals surface area (Å²) in [5.41, 5.74) is 6.04. The first-order chi connectivity index (χ1) is 20.8. The summed E-state index contributed by atoms with van der Waals surface area (Å²) in [6.45, 7) is 0.